The number of nitrogens with one attached hydrogen (secondary N) is 1. The Morgan fingerprint density at radius 3 is 1.95 bits per heavy atom. The van der Waals surface area contributed by atoms with Gasteiger partial charge in [-0.05, 0) is 36.6 Å². The molecule has 0 saturated carbocycles. The Hall–Kier alpha value is -1.23. The monoisotopic (exact) mass is 275 g/mol. The van der Waals surface area contributed by atoms with E-state index in [1.807, 2.05) is 7.05 Å². The van der Waals surface area contributed by atoms with Gasteiger partial charge in [-0.3, -0.25) is 0 Å². The van der Waals surface area contributed by atoms with Crippen molar-refractivity contribution in [3.63, 3.8) is 0 Å². The lowest BCUT2D eigenvalue weighted by molar-refractivity contribution is -0.274. The van der Waals surface area contributed by atoms with Gasteiger partial charge >= 0.3 is 6.36 Å². The van der Waals surface area contributed by atoms with Crippen molar-refractivity contribution in [2.75, 3.05) is 7.05 Å². The highest BCUT2D eigenvalue weighted by Crippen LogP contribution is 2.27. The smallest absolute Gasteiger partial charge is 0.406 e. The Balaban J connectivity index is 2.81. The van der Waals surface area contributed by atoms with Gasteiger partial charge in [0.15, 0.2) is 0 Å². The summed E-state index contributed by atoms with van der Waals surface area (Å²) < 4.78 is 40.0. The number of hydrogen-bond acceptors (Lipinski definition) is 2. The Labute approximate surface area is 112 Å². The molecule has 2 nitrogen and oxygen atoms in total. The molecule has 19 heavy (non-hydrogen) atoms. The van der Waals surface area contributed by atoms with Gasteiger partial charge in [0, 0.05) is 6.04 Å². The summed E-state index contributed by atoms with van der Waals surface area (Å²) in [4.78, 5) is 0. The summed E-state index contributed by atoms with van der Waals surface area (Å²) >= 11 is 0. The minimum absolute atomic E-state index is 0.186. The van der Waals surface area contributed by atoms with E-state index in [-0.39, 0.29) is 17.7 Å². The summed E-state index contributed by atoms with van der Waals surface area (Å²) in [5, 5.41) is 3.24. The lowest BCUT2D eigenvalue weighted by Gasteiger charge is -2.27. The molecule has 0 aliphatic heterocycles. The molecule has 0 aromatic heterocycles. The molecule has 1 N–H and O–H groups in total. The molecule has 0 aliphatic rings. The predicted octanol–water partition coefficient (Wildman–Crippen LogP) is 3.93. The largest absolute Gasteiger partial charge is 0.573 e. The first-order valence-electron chi connectivity index (χ1n) is 6.27. The third-order valence-corrected chi connectivity index (χ3v) is 3.23. The SMILES string of the molecule is CNC(C(C)C)C(C)c1ccc(OC(F)(F)F)cc1. The first-order chi connectivity index (χ1) is 8.74. The number of hydrogen-bond donors (Lipinski definition) is 1. The molecule has 2 atom stereocenters. The molecule has 1 aromatic rings. The highest BCUT2D eigenvalue weighted by atomic mass is 19.4. The van der Waals surface area contributed by atoms with Gasteiger partial charge < -0.3 is 10.1 Å². The fraction of sp³-hybridized carbons (Fsp3) is 0.571. The second kappa shape index (κ2) is 6.28. The summed E-state index contributed by atoms with van der Waals surface area (Å²) in [6.45, 7) is 6.28. The summed E-state index contributed by atoms with van der Waals surface area (Å²) in [5.74, 6) is 0.463. The van der Waals surface area contributed by atoms with Crippen LogP contribution >= 0.6 is 0 Å². The maximum atomic E-state index is 12.1. The summed E-state index contributed by atoms with van der Waals surface area (Å²) in [5.41, 5.74) is 0.988. The van der Waals surface area contributed by atoms with Crippen LogP contribution in [0.3, 0.4) is 0 Å². The Morgan fingerprint density at radius 1 is 1.05 bits per heavy atom. The van der Waals surface area contributed by atoms with Gasteiger partial charge in [0.2, 0.25) is 0 Å². The Kier molecular flexibility index (Phi) is 5.23. The van der Waals surface area contributed by atoms with Crippen LogP contribution in [-0.4, -0.2) is 19.5 Å². The van der Waals surface area contributed by atoms with Crippen molar-refractivity contribution >= 4 is 0 Å². The van der Waals surface area contributed by atoms with Gasteiger partial charge in [-0.2, -0.15) is 0 Å². The van der Waals surface area contributed by atoms with E-state index >= 15 is 0 Å². The van der Waals surface area contributed by atoms with E-state index in [0.29, 0.717) is 5.92 Å². The molecule has 0 aliphatic carbocycles. The molecule has 0 amide bonds. The highest BCUT2D eigenvalue weighted by molar-refractivity contribution is 5.30. The fourth-order valence-corrected chi connectivity index (χ4v) is 2.34. The number of halogens is 3. The summed E-state index contributed by atoms with van der Waals surface area (Å²) in [6, 6.07) is 6.34. The first-order valence-corrected chi connectivity index (χ1v) is 6.27. The molecule has 1 rings (SSSR count). The lowest BCUT2D eigenvalue weighted by atomic mass is 9.86. The van der Waals surface area contributed by atoms with Crippen LogP contribution in [0, 0.1) is 5.92 Å². The van der Waals surface area contributed by atoms with Crippen LogP contribution in [0.25, 0.3) is 0 Å². The van der Waals surface area contributed by atoms with Crippen LogP contribution in [0.1, 0.15) is 32.3 Å². The topological polar surface area (TPSA) is 21.3 Å². The Morgan fingerprint density at radius 2 is 1.58 bits per heavy atom. The minimum atomic E-state index is -4.64. The molecule has 108 valence electrons. The van der Waals surface area contributed by atoms with Gasteiger partial charge in [-0.25, -0.2) is 0 Å². The van der Waals surface area contributed by atoms with Crippen molar-refractivity contribution in [1.82, 2.24) is 5.32 Å². The van der Waals surface area contributed by atoms with E-state index in [9.17, 15) is 13.2 Å². The van der Waals surface area contributed by atoms with E-state index in [0.717, 1.165) is 5.56 Å². The molecule has 0 heterocycles. The van der Waals surface area contributed by atoms with Gasteiger partial charge in [0.25, 0.3) is 0 Å². The molecule has 0 radical (unpaired) electrons. The van der Waals surface area contributed by atoms with E-state index in [2.05, 4.69) is 30.8 Å². The van der Waals surface area contributed by atoms with Gasteiger partial charge in [0.05, 0.1) is 0 Å². The van der Waals surface area contributed by atoms with Crippen molar-refractivity contribution in [3.05, 3.63) is 29.8 Å². The molecule has 5 heteroatoms. The average Bonchev–Trinajstić information content (AvgIpc) is 2.28. The molecule has 0 spiro atoms. The van der Waals surface area contributed by atoms with Gasteiger partial charge in [-0.1, -0.05) is 32.9 Å². The van der Waals surface area contributed by atoms with E-state index in [1.165, 1.54) is 12.1 Å². The number of ether oxygens (including phenoxy) is 1. The van der Waals surface area contributed by atoms with Gasteiger partial charge in [0.1, 0.15) is 5.75 Å². The van der Waals surface area contributed by atoms with E-state index in [1.54, 1.807) is 12.1 Å². The Bertz CT molecular complexity index is 387. The molecule has 2 unspecified atom stereocenters. The van der Waals surface area contributed by atoms with Crippen LogP contribution in [0.15, 0.2) is 24.3 Å². The quantitative estimate of drug-likeness (QED) is 0.879. The number of rotatable bonds is 5. The highest BCUT2D eigenvalue weighted by Gasteiger charge is 2.31. The van der Waals surface area contributed by atoms with Crippen LogP contribution < -0.4 is 10.1 Å². The average molecular weight is 275 g/mol. The minimum Gasteiger partial charge on any atom is -0.406 e. The number of alkyl halides is 3. The van der Waals surface area contributed by atoms with Crippen molar-refractivity contribution in [2.24, 2.45) is 5.92 Å². The van der Waals surface area contributed by atoms with Crippen molar-refractivity contribution < 1.29 is 17.9 Å². The predicted molar refractivity (Wildman–Crippen MR) is 69.2 cm³/mol. The molecular formula is C14H20F3NO. The summed E-state index contributed by atoms with van der Waals surface area (Å²) in [6.07, 6.45) is -4.64. The van der Waals surface area contributed by atoms with Gasteiger partial charge in [-0.15, -0.1) is 13.2 Å². The molecule has 0 bridgehead atoms. The fourth-order valence-electron chi connectivity index (χ4n) is 2.34. The van der Waals surface area contributed by atoms with Crippen molar-refractivity contribution in [3.8, 4) is 5.75 Å². The van der Waals surface area contributed by atoms with Crippen LogP contribution in [-0.2, 0) is 0 Å². The molecule has 0 fully saturated rings. The molecular weight excluding hydrogens is 255 g/mol. The second-order valence-electron chi connectivity index (χ2n) is 4.96. The second-order valence-corrected chi connectivity index (χ2v) is 4.96. The maximum absolute atomic E-state index is 12.1. The van der Waals surface area contributed by atoms with Crippen LogP contribution in [0.2, 0.25) is 0 Å². The molecule has 0 saturated heterocycles. The third-order valence-electron chi connectivity index (χ3n) is 3.23. The summed E-state index contributed by atoms with van der Waals surface area (Å²) in [7, 11) is 1.89. The zero-order valence-corrected chi connectivity index (χ0v) is 11.6. The first kappa shape index (κ1) is 15.8. The molecule has 1 aromatic carbocycles. The van der Waals surface area contributed by atoms with Crippen LogP contribution in [0.5, 0.6) is 5.75 Å². The number of likely N-dealkylation sites (N-methyl/N-ethyl adjacent to an activating group) is 1. The van der Waals surface area contributed by atoms with E-state index in [4.69, 9.17) is 0 Å². The lowest BCUT2D eigenvalue weighted by Crippen LogP contribution is -2.35. The standard InChI is InChI=1S/C14H20F3NO/c1-9(2)13(18-4)10(3)11-5-7-12(8-6-11)19-14(15,16)17/h5-10,13,18H,1-4H3. The zero-order chi connectivity index (χ0) is 14.6. The van der Waals surface area contributed by atoms with Crippen LogP contribution in [0.4, 0.5) is 13.2 Å². The van der Waals surface area contributed by atoms with E-state index < -0.39 is 6.36 Å². The van der Waals surface area contributed by atoms with Crippen molar-refractivity contribution in [2.45, 2.75) is 39.1 Å². The normalized spacial score (nSPS) is 15.4. The van der Waals surface area contributed by atoms with Crippen molar-refractivity contribution in [1.29, 1.82) is 0 Å². The zero-order valence-electron chi connectivity index (χ0n) is 11.6. The number of benzene rings is 1. The maximum Gasteiger partial charge on any atom is 0.573 e. The third kappa shape index (κ3) is 4.74.